The molecule has 2 heterocycles. The fourth-order valence-electron chi connectivity index (χ4n) is 1.98. The summed E-state index contributed by atoms with van der Waals surface area (Å²) < 4.78 is 32.6. The van der Waals surface area contributed by atoms with Crippen molar-refractivity contribution in [1.29, 1.82) is 0 Å². The van der Waals surface area contributed by atoms with Gasteiger partial charge in [-0.3, -0.25) is 0 Å². The minimum absolute atomic E-state index is 0.0214. The molecule has 3 rings (SSSR count). The molecule has 0 N–H and O–H groups in total. The van der Waals surface area contributed by atoms with Crippen molar-refractivity contribution in [2.24, 2.45) is 0 Å². The number of thiophene rings is 1. The maximum absolute atomic E-state index is 13.0. The third kappa shape index (κ3) is 3.61. The molecule has 3 aromatic rings. The summed E-state index contributed by atoms with van der Waals surface area (Å²) in [4.78, 5) is 5.30. The Morgan fingerprint density at radius 3 is 2.50 bits per heavy atom. The summed E-state index contributed by atoms with van der Waals surface area (Å²) >= 11 is 6.13. The molecule has 0 bridgehead atoms. The number of nitrogens with zero attached hydrogens (tertiary/aromatic N) is 1. The average Bonchev–Trinajstić information content (AvgIpc) is 3.16. The molecule has 126 valence electrons. The van der Waals surface area contributed by atoms with E-state index in [4.69, 9.17) is 4.42 Å². The normalized spacial score (nSPS) is 12.0. The molecular weight excluding hydrogens is 430 g/mol. The van der Waals surface area contributed by atoms with Gasteiger partial charge >= 0.3 is 0 Å². The standard InChI is InChI=1S/C16H14BrNO3S3/c1-10(2)23-16-15(18-14(21-16)13-4-3-9-22-13)24(19,20)12-7-5-11(17)6-8-12/h3-10H,1-2H3. The second-order valence-corrected chi connectivity index (χ2v) is 10.5. The van der Waals surface area contributed by atoms with Crippen LogP contribution in [0.2, 0.25) is 0 Å². The molecule has 0 aliphatic carbocycles. The van der Waals surface area contributed by atoms with E-state index in [9.17, 15) is 8.42 Å². The lowest BCUT2D eigenvalue weighted by Gasteiger charge is -2.05. The van der Waals surface area contributed by atoms with Crippen LogP contribution in [0.25, 0.3) is 10.8 Å². The molecule has 1 aromatic carbocycles. The molecule has 0 unspecified atom stereocenters. The lowest BCUT2D eigenvalue weighted by atomic mass is 10.4. The van der Waals surface area contributed by atoms with Crippen molar-refractivity contribution in [1.82, 2.24) is 4.98 Å². The van der Waals surface area contributed by atoms with E-state index in [1.165, 1.54) is 23.1 Å². The number of halogens is 1. The van der Waals surface area contributed by atoms with Crippen molar-refractivity contribution < 1.29 is 12.8 Å². The van der Waals surface area contributed by atoms with Gasteiger partial charge in [-0.15, -0.1) is 11.3 Å². The number of oxazole rings is 1. The van der Waals surface area contributed by atoms with E-state index in [2.05, 4.69) is 20.9 Å². The Morgan fingerprint density at radius 2 is 1.92 bits per heavy atom. The highest BCUT2D eigenvalue weighted by Crippen LogP contribution is 2.37. The first kappa shape index (κ1) is 17.7. The molecular formula is C16H14BrNO3S3. The summed E-state index contributed by atoms with van der Waals surface area (Å²) in [6, 6.07) is 10.2. The van der Waals surface area contributed by atoms with Gasteiger partial charge in [-0.25, -0.2) is 8.42 Å². The quantitative estimate of drug-likeness (QED) is 0.487. The van der Waals surface area contributed by atoms with Gasteiger partial charge in [0.2, 0.25) is 25.8 Å². The number of thioether (sulfide) groups is 1. The van der Waals surface area contributed by atoms with Gasteiger partial charge < -0.3 is 4.42 Å². The second-order valence-electron chi connectivity index (χ2n) is 5.21. The van der Waals surface area contributed by atoms with Crippen LogP contribution in [0.5, 0.6) is 0 Å². The second kappa shape index (κ2) is 7.03. The minimum Gasteiger partial charge on any atom is -0.428 e. The van der Waals surface area contributed by atoms with Crippen molar-refractivity contribution in [3.8, 4) is 10.8 Å². The number of hydrogen-bond acceptors (Lipinski definition) is 6. The Hall–Kier alpha value is -1.09. The molecule has 0 amide bonds. The van der Waals surface area contributed by atoms with Gasteiger partial charge in [-0.1, -0.05) is 47.6 Å². The first-order valence-electron chi connectivity index (χ1n) is 7.10. The fourth-order valence-corrected chi connectivity index (χ4v) is 5.25. The van der Waals surface area contributed by atoms with E-state index in [0.29, 0.717) is 11.0 Å². The largest absolute Gasteiger partial charge is 0.428 e. The van der Waals surface area contributed by atoms with Gasteiger partial charge in [0.05, 0.1) is 9.77 Å². The summed E-state index contributed by atoms with van der Waals surface area (Å²) in [5, 5.41) is 2.38. The van der Waals surface area contributed by atoms with Gasteiger partial charge in [0, 0.05) is 9.72 Å². The molecule has 2 aromatic heterocycles. The van der Waals surface area contributed by atoms with Gasteiger partial charge in [0.25, 0.3) is 0 Å². The van der Waals surface area contributed by atoms with Gasteiger partial charge in [0.15, 0.2) is 0 Å². The zero-order valence-electron chi connectivity index (χ0n) is 12.9. The molecule has 0 fully saturated rings. The number of benzene rings is 1. The van der Waals surface area contributed by atoms with Crippen LogP contribution in [0.4, 0.5) is 0 Å². The predicted molar refractivity (Wildman–Crippen MR) is 100 cm³/mol. The van der Waals surface area contributed by atoms with Crippen LogP contribution in [0.3, 0.4) is 0 Å². The van der Waals surface area contributed by atoms with Crippen molar-refractivity contribution in [3.63, 3.8) is 0 Å². The summed E-state index contributed by atoms with van der Waals surface area (Å²) in [6.45, 7) is 3.96. The zero-order valence-corrected chi connectivity index (χ0v) is 16.9. The Morgan fingerprint density at radius 1 is 1.21 bits per heavy atom. The first-order valence-corrected chi connectivity index (χ1v) is 11.1. The molecule has 8 heteroatoms. The van der Waals surface area contributed by atoms with E-state index >= 15 is 0 Å². The maximum Gasteiger partial charge on any atom is 0.238 e. The van der Waals surface area contributed by atoms with Crippen LogP contribution in [0.15, 0.2) is 65.7 Å². The van der Waals surface area contributed by atoms with Crippen molar-refractivity contribution in [2.75, 3.05) is 0 Å². The monoisotopic (exact) mass is 443 g/mol. The molecule has 4 nitrogen and oxygen atoms in total. The molecule has 0 aliphatic rings. The summed E-state index contributed by atoms with van der Waals surface area (Å²) in [5.74, 6) is 0.337. The van der Waals surface area contributed by atoms with E-state index < -0.39 is 9.84 Å². The Labute approximate surface area is 157 Å². The van der Waals surface area contributed by atoms with Crippen LogP contribution in [0, 0.1) is 0 Å². The highest BCUT2D eigenvalue weighted by Gasteiger charge is 2.29. The van der Waals surface area contributed by atoms with Gasteiger partial charge in [-0.2, -0.15) is 4.98 Å². The van der Waals surface area contributed by atoms with Crippen LogP contribution in [0.1, 0.15) is 13.8 Å². The van der Waals surface area contributed by atoms with Crippen LogP contribution >= 0.6 is 39.0 Å². The van der Waals surface area contributed by atoms with E-state index in [1.54, 1.807) is 24.3 Å². The number of rotatable bonds is 5. The van der Waals surface area contributed by atoms with Crippen LogP contribution in [-0.2, 0) is 9.84 Å². The number of sulfone groups is 1. The fraction of sp³-hybridized carbons (Fsp3) is 0.188. The molecule has 0 aliphatic heterocycles. The predicted octanol–water partition coefficient (Wildman–Crippen LogP) is 5.50. The Kier molecular flexibility index (Phi) is 5.19. The third-order valence-electron chi connectivity index (χ3n) is 3.02. The first-order chi connectivity index (χ1) is 11.4. The zero-order chi connectivity index (χ0) is 17.3. The van der Waals surface area contributed by atoms with Crippen molar-refractivity contribution in [3.05, 3.63) is 46.3 Å². The maximum atomic E-state index is 13.0. The lowest BCUT2D eigenvalue weighted by Crippen LogP contribution is -2.04. The summed E-state index contributed by atoms with van der Waals surface area (Å²) in [7, 11) is -3.74. The van der Waals surface area contributed by atoms with Crippen LogP contribution in [-0.4, -0.2) is 18.7 Å². The highest BCUT2D eigenvalue weighted by atomic mass is 79.9. The topological polar surface area (TPSA) is 60.2 Å². The highest BCUT2D eigenvalue weighted by molar-refractivity contribution is 9.10. The minimum atomic E-state index is -3.74. The van der Waals surface area contributed by atoms with Crippen molar-refractivity contribution >= 4 is 48.9 Å². The number of aromatic nitrogens is 1. The van der Waals surface area contributed by atoms with Crippen molar-refractivity contribution in [2.45, 2.75) is 34.1 Å². The Bertz CT molecular complexity index is 930. The Balaban J connectivity index is 2.12. The summed E-state index contributed by atoms with van der Waals surface area (Å²) in [6.07, 6.45) is 0. The van der Waals surface area contributed by atoms with Crippen LogP contribution < -0.4 is 0 Å². The molecule has 0 saturated heterocycles. The molecule has 0 saturated carbocycles. The molecule has 0 spiro atoms. The van der Waals surface area contributed by atoms with E-state index in [0.717, 1.165) is 9.35 Å². The van der Waals surface area contributed by atoms with E-state index in [1.807, 2.05) is 31.4 Å². The SMILES string of the molecule is CC(C)Sc1oc(-c2cccs2)nc1S(=O)(=O)c1ccc(Br)cc1. The lowest BCUT2D eigenvalue weighted by molar-refractivity contribution is 0.470. The average molecular weight is 444 g/mol. The number of hydrogen-bond donors (Lipinski definition) is 0. The van der Waals surface area contributed by atoms with E-state index in [-0.39, 0.29) is 15.2 Å². The third-order valence-corrected chi connectivity index (χ3v) is 7.18. The molecule has 24 heavy (non-hydrogen) atoms. The van der Waals surface area contributed by atoms with Gasteiger partial charge in [0.1, 0.15) is 0 Å². The molecule has 0 atom stereocenters. The molecule has 0 radical (unpaired) electrons. The smallest absolute Gasteiger partial charge is 0.238 e. The van der Waals surface area contributed by atoms with Gasteiger partial charge in [-0.05, 0) is 35.7 Å². The summed E-state index contributed by atoms with van der Waals surface area (Å²) in [5.41, 5.74) is 0.